The zero-order valence-corrected chi connectivity index (χ0v) is 10.5. The minimum absolute atomic E-state index is 0.972. The topological polar surface area (TPSA) is 29.9 Å². The van der Waals surface area contributed by atoms with Crippen molar-refractivity contribution in [3.05, 3.63) is 47.8 Å². The Morgan fingerprint density at radius 2 is 1.94 bits per heavy atom. The lowest BCUT2D eigenvalue weighted by Crippen LogP contribution is -2.08. The molecule has 0 fully saturated rings. The fraction of sp³-hybridized carbons (Fsp3) is 0.357. The molecule has 0 spiro atoms. The van der Waals surface area contributed by atoms with E-state index in [-0.39, 0.29) is 0 Å². The van der Waals surface area contributed by atoms with Gasteiger partial charge in [0.2, 0.25) is 0 Å². The van der Waals surface area contributed by atoms with E-state index in [0.29, 0.717) is 0 Å². The largest absolute Gasteiger partial charge is 0.385 e. The molecule has 1 heterocycles. The molecule has 0 amide bonds. The van der Waals surface area contributed by atoms with Crippen molar-refractivity contribution in [1.29, 1.82) is 0 Å². The average molecular weight is 229 g/mol. The molecule has 0 radical (unpaired) electrons. The van der Waals surface area contributed by atoms with E-state index in [1.807, 2.05) is 25.1 Å². The number of rotatable bonds is 5. The molecular formula is C14H19N3. The van der Waals surface area contributed by atoms with Gasteiger partial charge in [-0.1, -0.05) is 18.2 Å². The molecule has 0 unspecified atom stereocenters. The zero-order valence-electron chi connectivity index (χ0n) is 10.5. The number of aryl methyl sites for hydroxylation is 3. The number of benzene rings is 1. The lowest BCUT2D eigenvalue weighted by atomic mass is 10.3. The number of nitrogens with zero attached hydrogens (tertiary/aromatic N) is 2. The van der Waals surface area contributed by atoms with Gasteiger partial charge in [0.1, 0.15) is 0 Å². The van der Waals surface area contributed by atoms with Crippen LogP contribution in [0.4, 0.5) is 5.69 Å². The lowest BCUT2D eigenvalue weighted by Gasteiger charge is -2.07. The van der Waals surface area contributed by atoms with Gasteiger partial charge in [-0.3, -0.25) is 4.68 Å². The van der Waals surface area contributed by atoms with E-state index >= 15 is 0 Å². The fourth-order valence-corrected chi connectivity index (χ4v) is 1.92. The first-order valence-electron chi connectivity index (χ1n) is 6.06. The van der Waals surface area contributed by atoms with Crippen molar-refractivity contribution < 1.29 is 0 Å². The van der Waals surface area contributed by atoms with Gasteiger partial charge in [-0.15, -0.1) is 0 Å². The van der Waals surface area contributed by atoms with Crippen LogP contribution in [0.5, 0.6) is 0 Å². The molecule has 0 aliphatic rings. The Morgan fingerprint density at radius 3 is 2.59 bits per heavy atom. The quantitative estimate of drug-likeness (QED) is 0.799. The van der Waals surface area contributed by atoms with Crippen molar-refractivity contribution in [2.45, 2.75) is 26.8 Å². The van der Waals surface area contributed by atoms with Crippen LogP contribution in [0.25, 0.3) is 0 Å². The van der Waals surface area contributed by atoms with E-state index in [1.54, 1.807) is 0 Å². The van der Waals surface area contributed by atoms with E-state index in [9.17, 15) is 0 Å². The second-order valence-electron chi connectivity index (χ2n) is 4.30. The molecule has 3 nitrogen and oxygen atoms in total. The Hall–Kier alpha value is -1.77. The Balaban J connectivity index is 1.75. The number of hydrogen-bond acceptors (Lipinski definition) is 2. The molecule has 0 aliphatic heterocycles. The maximum Gasteiger partial charge on any atom is 0.0596 e. The van der Waals surface area contributed by atoms with Crippen LogP contribution in [0.3, 0.4) is 0 Å². The predicted octanol–water partition coefficient (Wildman–Crippen LogP) is 3.00. The van der Waals surface area contributed by atoms with Gasteiger partial charge < -0.3 is 5.32 Å². The second kappa shape index (κ2) is 5.53. The van der Waals surface area contributed by atoms with Gasteiger partial charge in [0.15, 0.2) is 0 Å². The molecule has 2 rings (SSSR count). The van der Waals surface area contributed by atoms with Crippen molar-refractivity contribution in [3.8, 4) is 0 Å². The predicted molar refractivity (Wildman–Crippen MR) is 71.2 cm³/mol. The summed E-state index contributed by atoms with van der Waals surface area (Å²) >= 11 is 0. The number of nitrogens with one attached hydrogen (secondary N) is 1. The van der Waals surface area contributed by atoms with Gasteiger partial charge >= 0.3 is 0 Å². The highest BCUT2D eigenvalue weighted by Crippen LogP contribution is 2.06. The summed E-state index contributed by atoms with van der Waals surface area (Å²) < 4.78 is 2.07. The van der Waals surface area contributed by atoms with E-state index < -0.39 is 0 Å². The molecule has 90 valence electrons. The van der Waals surface area contributed by atoms with Crippen molar-refractivity contribution in [1.82, 2.24) is 9.78 Å². The van der Waals surface area contributed by atoms with Crippen LogP contribution in [0.2, 0.25) is 0 Å². The van der Waals surface area contributed by atoms with Crippen LogP contribution in [-0.2, 0) is 6.54 Å². The normalized spacial score (nSPS) is 10.5. The number of hydrogen-bond donors (Lipinski definition) is 1. The number of aromatic nitrogens is 2. The number of anilines is 1. The second-order valence-corrected chi connectivity index (χ2v) is 4.30. The highest BCUT2D eigenvalue weighted by Gasteiger charge is 1.99. The molecule has 1 N–H and O–H groups in total. The first-order valence-corrected chi connectivity index (χ1v) is 6.06. The van der Waals surface area contributed by atoms with Gasteiger partial charge in [-0.05, 0) is 38.5 Å². The molecule has 0 atom stereocenters. The Kier molecular flexibility index (Phi) is 3.81. The highest BCUT2D eigenvalue weighted by atomic mass is 15.3. The molecule has 2 aromatic rings. The van der Waals surface area contributed by atoms with Crippen LogP contribution < -0.4 is 5.32 Å². The Labute approximate surface area is 102 Å². The molecule has 17 heavy (non-hydrogen) atoms. The molecule has 3 heteroatoms. The van der Waals surface area contributed by atoms with E-state index in [1.165, 1.54) is 11.4 Å². The van der Waals surface area contributed by atoms with Crippen LogP contribution in [0.15, 0.2) is 36.4 Å². The summed E-state index contributed by atoms with van der Waals surface area (Å²) in [7, 11) is 0. The summed E-state index contributed by atoms with van der Waals surface area (Å²) in [4.78, 5) is 0. The van der Waals surface area contributed by atoms with Crippen LogP contribution in [0.1, 0.15) is 17.8 Å². The van der Waals surface area contributed by atoms with Crippen LogP contribution >= 0.6 is 0 Å². The summed E-state index contributed by atoms with van der Waals surface area (Å²) in [5, 5.41) is 7.84. The lowest BCUT2D eigenvalue weighted by molar-refractivity contribution is 0.574. The summed E-state index contributed by atoms with van der Waals surface area (Å²) in [6.07, 6.45) is 1.08. The van der Waals surface area contributed by atoms with Crippen molar-refractivity contribution in [3.63, 3.8) is 0 Å². The smallest absolute Gasteiger partial charge is 0.0596 e. The van der Waals surface area contributed by atoms with Gasteiger partial charge in [-0.2, -0.15) is 5.10 Å². The monoisotopic (exact) mass is 229 g/mol. The van der Waals surface area contributed by atoms with Crippen molar-refractivity contribution in [2.24, 2.45) is 0 Å². The van der Waals surface area contributed by atoms with E-state index in [2.05, 4.69) is 40.2 Å². The molecule has 0 bridgehead atoms. The fourth-order valence-electron chi connectivity index (χ4n) is 1.92. The maximum atomic E-state index is 4.44. The number of para-hydroxylation sites is 1. The van der Waals surface area contributed by atoms with Gasteiger partial charge in [0.25, 0.3) is 0 Å². The first-order chi connectivity index (χ1) is 8.25. The molecule has 0 saturated carbocycles. The molecule has 0 saturated heterocycles. The van der Waals surface area contributed by atoms with E-state index in [0.717, 1.165) is 25.2 Å². The van der Waals surface area contributed by atoms with Gasteiger partial charge in [0.05, 0.1) is 5.69 Å². The maximum absolute atomic E-state index is 4.44. The molecule has 1 aromatic heterocycles. The third kappa shape index (κ3) is 3.34. The van der Waals surface area contributed by atoms with Gasteiger partial charge in [0, 0.05) is 24.5 Å². The van der Waals surface area contributed by atoms with Crippen LogP contribution in [-0.4, -0.2) is 16.3 Å². The summed E-state index contributed by atoms with van der Waals surface area (Å²) in [5.41, 5.74) is 3.52. The third-order valence-electron chi connectivity index (χ3n) is 2.75. The molecular weight excluding hydrogens is 210 g/mol. The van der Waals surface area contributed by atoms with Gasteiger partial charge in [-0.25, -0.2) is 0 Å². The summed E-state index contributed by atoms with van der Waals surface area (Å²) in [6, 6.07) is 12.4. The Morgan fingerprint density at radius 1 is 1.18 bits per heavy atom. The first kappa shape index (κ1) is 11.7. The standard InChI is InChI=1S/C14H19N3/c1-12-11-13(2)17(16-12)10-6-9-15-14-7-4-3-5-8-14/h3-5,7-8,11,15H,6,9-10H2,1-2H3. The highest BCUT2D eigenvalue weighted by molar-refractivity contribution is 5.42. The van der Waals surface area contributed by atoms with Crippen LogP contribution in [0, 0.1) is 13.8 Å². The summed E-state index contributed by atoms with van der Waals surface area (Å²) in [6.45, 7) is 6.08. The zero-order chi connectivity index (χ0) is 12.1. The van der Waals surface area contributed by atoms with E-state index in [4.69, 9.17) is 0 Å². The van der Waals surface area contributed by atoms with Crippen molar-refractivity contribution in [2.75, 3.05) is 11.9 Å². The summed E-state index contributed by atoms with van der Waals surface area (Å²) in [5.74, 6) is 0. The average Bonchev–Trinajstić information content (AvgIpc) is 2.65. The molecule has 0 aliphatic carbocycles. The third-order valence-corrected chi connectivity index (χ3v) is 2.75. The SMILES string of the molecule is Cc1cc(C)n(CCCNc2ccccc2)n1. The Bertz CT molecular complexity index is 460. The van der Waals surface area contributed by atoms with Crippen molar-refractivity contribution >= 4 is 5.69 Å². The minimum Gasteiger partial charge on any atom is -0.385 e. The minimum atomic E-state index is 0.972. The molecule has 1 aromatic carbocycles.